The quantitative estimate of drug-likeness (QED) is 0.760. The molecule has 3 rings (SSSR count). The van der Waals surface area contributed by atoms with Crippen LogP contribution in [0, 0.1) is 17.3 Å². The van der Waals surface area contributed by atoms with E-state index in [1.807, 2.05) is 0 Å². The van der Waals surface area contributed by atoms with Crippen LogP contribution >= 0.6 is 0 Å². The molecule has 2 heteroatoms. The van der Waals surface area contributed by atoms with Gasteiger partial charge in [-0.25, -0.2) is 0 Å². The van der Waals surface area contributed by atoms with Crippen LogP contribution in [0.5, 0.6) is 0 Å². The summed E-state index contributed by atoms with van der Waals surface area (Å²) in [6.45, 7) is 13.8. The van der Waals surface area contributed by atoms with Crippen molar-refractivity contribution in [2.24, 2.45) is 17.3 Å². The van der Waals surface area contributed by atoms with Gasteiger partial charge in [0.1, 0.15) is 0 Å². The molecule has 104 valence electrons. The Balaban J connectivity index is 1.42. The smallest absolute Gasteiger partial charge is 0.0350 e. The van der Waals surface area contributed by atoms with Crippen molar-refractivity contribution >= 4 is 0 Å². The van der Waals surface area contributed by atoms with Crippen LogP contribution in [-0.4, -0.2) is 48.6 Å². The minimum atomic E-state index is 0.748. The molecule has 0 N–H and O–H groups in total. The molecular weight excluding hydrogens is 220 g/mol. The van der Waals surface area contributed by atoms with Gasteiger partial charge in [0.2, 0.25) is 0 Å². The van der Waals surface area contributed by atoms with Crippen molar-refractivity contribution < 1.29 is 0 Å². The van der Waals surface area contributed by atoms with Gasteiger partial charge in [0.05, 0.1) is 0 Å². The van der Waals surface area contributed by atoms with Crippen molar-refractivity contribution in [1.82, 2.24) is 9.80 Å². The van der Waals surface area contributed by atoms with Gasteiger partial charge < -0.3 is 4.90 Å². The molecule has 18 heavy (non-hydrogen) atoms. The Morgan fingerprint density at radius 3 is 2.22 bits per heavy atom. The Bertz CT molecular complexity index is 277. The fourth-order valence-corrected chi connectivity index (χ4v) is 4.34. The Hall–Kier alpha value is -0.0800. The van der Waals surface area contributed by atoms with Crippen molar-refractivity contribution in [2.75, 3.05) is 32.7 Å². The maximum absolute atomic E-state index is 2.77. The summed E-state index contributed by atoms with van der Waals surface area (Å²) >= 11 is 0. The Morgan fingerprint density at radius 1 is 1.11 bits per heavy atom. The van der Waals surface area contributed by atoms with Gasteiger partial charge in [-0.3, -0.25) is 4.90 Å². The normalized spacial score (nSPS) is 30.7. The number of hydrogen-bond acceptors (Lipinski definition) is 2. The molecular formula is C16H30N2. The Kier molecular flexibility index (Phi) is 3.44. The van der Waals surface area contributed by atoms with Crippen molar-refractivity contribution in [2.45, 2.75) is 52.5 Å². The first-order valence-electron chi connectivity index (χ1n) is 8.08. The molecule has 2 aliphatic heterocycles. The van der Waals surface area contributed by atoms with E-state index in [0.717, 1.165) is 23.3 Å². The summed E-state index contributed by atoms with van der Waals surface area (Å²) in [5.74, 6) is 1.92. The molecule has 1 spiro atoms. The van der Waals surface area contributed by atoms with E-state index in [9.17, 15) is 0 Å². The zero-order valence-corrected chi connectivity index (χ0v) is 12.5. The second-order valence-electron chi connectivity index (χ2n) is 7.49. The van der Waals surface area contributed by atoms with Gasteiger partial charge >= 0.3 is 0 Å². The lowest BCUT2D eigenvalue weighted by Gasteiger charge is -2.59. The molecule has 0 unspecified atom stereocenters. The lowest BCUT2D eigenvalue weighted by Crippen LogP contribution is -2.69. The third-order valence-electron chi connectivity index (χ3n) is 6.01. The number of rotatable bonds is 3. The lowest BCUT2D eigenvalue weighted by atomic mass is 9.63. The van der Waals surface area contributed by atoms with E-state index in [1.54, 1.807) is 0 Å². The molecule has 2 heterocycles. The highest BCUT2D eigenvalue weighted by atomic mass is 15.3. The molecule has 2 nitrogen and oxygen atoms in total. The summed E-state index contributed by atoms with van der Waals surface area (Å²) in [4.78, 5) is 5.33. The van der Waals surface area contributed by atoms with Crippen LogP contribution in [0.2, 0.25) is 0 Å². The molecule has 0 aromatic rings. The van der Waals surface area contributed by atoms with Gasteiger partial charge in [-0.1, -0.05) is 20.8 Å². The fourth-order valence-electron chi connectivity index (χ4n) is 4.34. The maximum Gasteiger partial charge on any atom is 0.0350 e. The SMILES string of the molecule is CCN1CC(N2CC3(CCC(C(C)C)CC3)C2)C1. The highest BCUT2D eigenvalue weighted by molar-refractivity contribution is 5.03. The average molecular weight is 250 g/mol. The number of hydrogen-bond donors (Lipinski definition) is 0. The zero-order valence-electron chi connectivity index (χ0n) is 12.5. The Morgan fingerprint density at radius 2 is 1.72 bits per heavy atom. The Labute approximate surface area is 113 Å². The number of likely N-dealkylation sites (N-methyl/N-ethyl adjacent to an activating group) is 1. The van der Waals surface area contributed by atoms with Crippen LogP contribution < -0.4 is 0 Å². The van der Waals surface area contributed by atoms with Crippen molar-refractivity contribution in [3.63, 3.8) is 0 Å². The molecule has 2 saturated heterocycles. The number of nitrogens with zero attached hydrogens (tertiary/aromatic N) is 2. The van der Waals surface area contributed by atoms with Gasteiger partial charge in [-0.15, -0.1) is 0 Å². The first-order valence-corrected chi connectivity index (χ1v) is 8.08. The zero-order chi connectivity index (χ0) is 12.8. The van der Waals surface area contributed by atoms with E-state index in [1.165, 1.54) is 58.4 Å². The predicted octanol–water partition coefficient (Wildman–Crippen LogP) is 2.84. The van der Waals surface area contributed by atoms with Crippen molar-refractivity contribution in [3.8, 4) is 0 Å². The van der Waals surface area contributed by atoms with Gasteiger partial charge in [0, 0.05) is 32.2 Å². The first kappa shape index (κ1) is 12.9. The van der Waals surface area contributed by atoms with E-state index in [0.29, 0.717) is 0 Å². The van der Waals surface area contributed by atoms with Gasteiger partial charge in [0.25, 0.3) is 0 Å². The van der Waals surface area contributed by atoms with Gasteiger partial charge in [-0.05, 0) is 49.5 Å². The highest BCUT2D eigenvalue weighted by Gasteiger charge is 2.48. The van der Waals surface area contributed by atoms with Crippen LogP contribution in [0.4, 0.5) is 0 Å². The lowest BCUT2D eigenvalue weighted by molar-refractivity contribution is -0.101. The minimum absolute atomic E-state index is 0.748. The standard InChI is InChI=1S/C16H30N2/c1-4-17-9-15(10-17)18-11-16(12-18)7-5-14(6-8-16)13(2)3/h13-15H,4-12H2,1-3H3. The van der Waals surface area contributed by atoms with Gasteiger partial charge in [-0.2, -0.15) is 0 Å². The fraction of sp³-hybridized carbons (Fsp3) is 1.00. The molecule has 1 aliphatic carbocycles. The number of likely N-dealkylation sites (tertiary alicyclic amines) is 2. The topological polar surface area (TPSA) is 6.48 Å². The third-order valence-corrected chi connectivity index (χ3v) is 6.01. The van der Waals surface area contributed by atoms with Crippen LogP contribution in [-0.2, 0) is 0 Å². The summed E-state index contributed by atoms with van der Waals surface area (Å²) in [5.41, 5.74) is 0.748. The highest BCUT2D eigenvalue weighted by Crippen LogP contribution is 2.48. The molecule has 0 atom stereocenters. The summed E-state index contributed by atoms with van der Waals surface area (Å²) in [5, 5.41) is 0. The third kappa shape index (κ3) is 2.22. The van der Waals surface area contributed by atoms with E-state index in [2.05, 4.69) is 30.6 Å². The molecule has 3 fully saturated rings. The molecule has 0 aromatic heterocycles. The van der Waals surface area contributed by atoms with Crippen LogP contribution in [0.15, 0.2) is 0 Å². The minimum Gasteiger partial charge on any atom is -0.300 e. The molecule has 0 aromatic carbocycles. The largest absolute Gasteiger partial charge is 0.300 e. The van der Waals surface area contributed by atoms with E-state index >= 15 is 0 Å². The summed E-state index contributed by atoms with van der Waals surface area (Å²) in [6, 6.07) is 0.901. The van der Waals surface area contributed by atoms with Crippen LogP contribution in [0.1, 0.15) is 46.5 Å². The summed E-state index contributed by atoms with van der Waals surface area (Å²) in [7, 11) is 0. The molecule has 1 saturated carbocycles. The van der Waals surface area contributed by atoms with E-state index < -0.39 is 0 Å². The second kappa shape index (κ2) is 4.79. The van der Waals surface area contributed by atoms with Crippen molar-refractivity contribution in [3.05, 3.63) is 0 Å². The summed E-state index contributed by atoms with van der Waals surface area (Å²) < 4.78 is 0. The van der Waals surface area contributed by atoms with Crippen LogP contribution in [0.3, 0.4) is 0 Å². The molecule has 0 bridgehead atoms. The van der Waals surface area contributed by atoms with E-state index in [4.69, 9.17) is 0 Å². The monoisotopic (exact) mass is 250 g/mol. The average Bonchev–Trinajstić information content (AvgIpc) is 2.26. The molecule has 0 amide bonds. The van der Waals surface area contributed by atoms with Gasteiger partial charge in [0.15, 0.2) is 0 Å². The maximum atomic E-state index is 2.77. The second-order valence-corrected chi connectivity index (χ2v) is 7.49. The van der Waals surface area contributed by atoms with E-state index in [-0.39, 0.29) is 0 Å². The van der Waals surface area contributed by atoms with Crippen LogP contribution in [0.25, 0.3) is 0 Å². The summed E-state index contributed by atoms with van der Waals surface area (Å²) in [6.07, 6.45) is 6.02. The first-order chi connectivity index (χ1) is 8.62. The molecule has 0 radical (unpaired) electrons. The molecule has 3 aliphatic rings. The van der Waals surface area contributed by atoms with Crippen molar-refractivity contribution in [1.29, 1.82) is 0 Å². The predicted molar refractivity (Wildman–Crippen MR) is 76.7 cm³/mol.